The Labute approximate surface area is 156 Å². The fourth-order valence-corrected chi connectivity index (χ4v) is 2.50. The van der Waals surface area contributed by atoms with Crippen molar-refractivity contribution in [3.8, 4) is 0 Å². The minimum Gasteiger partial charge on any atom is -0.381 e. The molecule has 0 heterocycles. The Morgan fingerprint density at radius 3 is 2.73 bits per heavy atom. The third-order valence-electron chi connectivity index (χ3n) is 4.10. The maximum absolute atomic E-state index is 11.9. The molecular weight excluding hydrogens is 328 g/mol. The summed E-state index contributed by atoms with van der Waals surface area (Å²) >= 11 is 0. The lowest BCUT2D eigenvalue weighted by Gasteiger charge is -2.11. The van der Waals surface area contributed by atoms with Gasteiger partial charge in [-0.15, -0.1) is 0 Å². The number of carbonyl (C=O) groups excluding carboxylic acids is 1. The lowest BCUT2D eigenvalue weighted by molar-refractivity contribution is 0.0955. The summed E-state index contributed by atoms with van der Waals surface area (Å²) in [6.45, 7) is 8.45. The number of aliphatic imine (C=N–C) groups is 1. The topological polar surface area (TPSA) is 74.8 Å². The predicted molar refractivity (Wildman–Crippen MR) is 105 cm³/mol. The molecule has 1 saturated carbocycles. The summed E-state index contributed by atoms with van der Waals surface area (Å²) < 4.78 is 5.65. The lowest BCUT2D eigenvalue weighted by atomic mass is 10.1. The number of carbonyl (C=O) groups is 1. The van der Waals surface area contributed by atoms with E-state index in [4.69, 9.17) is 4.74 Å². The highest BCUT2D eigenvalue weighted by molar-refractivity contribution is 5.94. The van der Waals surface area contributed by atoms with Gasteiger partial charge in [-0.1, -0.05) is 12.1 Å². The second-order valence-electron chi connectivity index (χ2n) is 6.55. The van der Waals surface area contributed by atoms with Crippen molar-refractivity contribution in [2.75, 3.05) is 32.8 Å². The molecule has 1 amide bonds. The molecule has 6 heteroatoms. The number of hydrogen-bond acceptors (Lipinski definition) is 3. The van der Waals surface area contributed by atoms with Crippen molar-refractivity contribution >= 4 is 11.9 Å². The standard InChI is InChI=1S/C20H32N4O2/c1-3-21-19(25)18-8-5-7-17(13-18)14-24-20(22-4-2)23-11-6-12-26-15-16-9-10-16/h5,7-8,13,16H,3-4,6,9-12,14-15H2,1-2H3,(H,21,25)(H2,22,23,24). The van der Waals surface area contributed by atoms with E-state index in [0.717, 1.165) is 50.2 Å². The van der Waals surface area contributed by atoms with Crippen LogP contribution in [0.3, 0.4) is 0 Å². The van der Waals surface area contributed by atoms with Crippen LogP contribution in [0.5, 0.6) is 0 Å². The Kier molecular flexibility index (Phi) is 8.96. The summed E-state index contributed by atoms with van der Waals surface area (Å²) in [4.78, 5) is 16.5. The molecule has 0 radical (unpaired) electrons. The monoisotopic (exact) mass is 360 g/mol. The molecular formula is C20H32N4O2. The first-order chi connectivity index (χ1) is 12.7. The first-order valence-corrected chi connectivity index (χ1v) is 9.70. The van der Waals surface area contributed by atoms with Crippen molar-refractivity contribution in [2.45, 2.75) is 39.7 Å². The number of ether oxygens (including phenoxy) is 1. The van der Waals surface area contributed by atoms with Crippen molar-refractivity contribution in [3.63, 3.8) is 0 Å². The van der Waals surface area contributed by atoms with Gasteiger partial charge in [-0.2, -0.15) is 0 Å². The summed E-state index contributed by atoms with van der Waals surface area (Å²) in [5.41, 5.74) is 1.68. The van der Waals surface area contributed by atoms with Crippen LogP contribution in [0.2, 0.25) is 0 Å². The van der Waals surface area contributed by atoms with Gasteiger partial charge in [-0.3, -0.25) is 4.79 Å². The molecule has 6 nitrogen and oxygen atoms in total. The van der Waals surface area contributed by atoms with Gasteiger partial charge in [0.05, 0.1) is 6.54 Å². The van der Waals surface area contributed by atoms with E-state index in [0.29, 0.717) is 18.7 Å². The molecule has 1 aliphatic carbocycles. The number of nitrogens with zero attached hydrogens (tertiary/aromatic N) is 1. The molecule has 1 fully saturated rings. The molecule has 0 spiro atoms. The van der Waals surface area contributed by atoms with Gasteiger partial charge in [0.1, 0.15) is 0 Å². The van der Waals surface area contributed by atoms with Gasteiger partial charge in [0.15, 0.2) is 5.96 Å². The number of benzene rings is 1. The first kappa shape index (κ1) is 20.2. The largest absolute Gasteiger partial charge is 0.381 e. The molecule has 144 valence electrons. The molecule has 1 aromatic rings. The van der Waals surface area contributed by atoms with Crippen molar-refractivity contribution < 1.29 is 9.53 Å². The van der Waals surface area contributed by atoms with E-state index >= 15 is 0 Å². The Morgan fingerprint density at radius 1 is 1.19 bits per heavy atom. The summed E-state index contributed by atoms with van der Waals surface area (Å²) in [6, 6.07) is 7.60. The smallest absolute Gasteiger partial charge is 0.251 e. The van der Waals surface area contributed by atoms with Gasteiger partial charge in [0.2, 0.25) is 0 Å². The second-order valence-corrected chi connectivity index (χ2v) is 6.55. The van der Waals surface area contributed by atoms with Crippen LogP contribution in [0.4, 0.5) is 0 Å². The van der Waals surface area contributed by atoms with Crippen LogP contribution in [0.25, 0.3) is 0 Å². The van der Waals surface area contributed by atoms with Gasteiger partial charge in [-0.05, 0) is 56.7 Å². The van der Waals surface area contributed by atoms with Crippen LogP contribution >= 0.6 is 0 Å². The number of nitrogens with one attached hydrogen (secondary N) is 3. The zero-order valence-electron chi connectivity index (χ0n) is 16.0. The summed E-state index contributed by atoms with van der Waals surface area (Å²) in [5, 5.41) is 9.40. The number of guanidine groups is 1. The Bertz CT molecular complexity index is 585. The Morgan fingerprint density at radius 2 is 2.00 bits per heavy atom. The highest BCUT2D eigenvalue weighted by Gasteiger charge is 2.20. The molecule has 1 aromatic carbocycles. The average molecular weight is 361 g/mol. The first-order valence-electron chi connectivity index (χ1n) is 9.70. The maximum Gasteiger partial charge on any atom is 0.251 e. The predicted octanol–water partition coefficient (Wildman–Crippen LogP) is 2.31. The second kappa shape index (κ2) is 11.5. The zero-order chi connectivity index (χ0) is 18.6. The minimum atomic E-state index is -0.0467. The highest BCUT2D eigenvalue weighted by atomic mass is 16.5. The summed E-state index contributed by atoms with van der Waals surface area (Å²) in [7, 11) is 0. The van der Waals surface area contributed by atoms with Crippen LogP contribution in [0, 0.1) is 5.92 Å². The molecule has 0 aromatic heterocycles. The van der Waals surface area contributed by atoms with E-state index in [1.807, 2.05) is 38.1 Å². The van der Waals surface area contributed by atoms with Crippen molar-refractivity contribution in [3.05, 3.63) is 35.4 Å². The molecule has 0 unspecified atom stereocenters. The molecule has 3 N–H and O–H groups in total. The number of rotatable bonds is 11. The Hall–Kier alpha value is -2.08. The van der Waals surface area contributed by atoms with E-state index in [1.165, 1.54) is 12.8 Å². The molecule has 0 bridgehead atoms. The van der Waals surface area contributed by atoms with Gasteiger partial charge in [0.25, 0.3) is 5.91 Å². The Balaban J connectivity index is 1.77. The highest BCUT2D eigenvalue weighted by Crippen LogP contribution is 2.28. The van der Waals surface area contributed by atoms with Gasteiger partial charge in [-0.25, -0.2) is 4.99 Å². The normalized spacial score (nSPS) is 14.2. The average Bonchev–Trinajstić information content (AvgIpc) is 3.47. The molecule has 1 aliphatic rings. The van der Waals surface area contributed by atoms with E-state index in [-0.39, 0.29) is 5.91 Å². The van der Waals surface area contributed by atoms with Crippen molar-refractivity contribution in [1.29, 1.82) is 0 Å². The van der Waals surface area contributed by atoms with Gasteiger partial charge < -0.3 is 20.7 Å². The third-order valence-corrected chi connectivity index (χ3v) is 4.10. The van der Waals surface area contributed by atoms with Crippen molar-refractivity contribution in [2.24, 2.45) is 10.9 Å². The van der Waals surface area contributed by atoms with Gasteiger partial charge >= 0.3 is 0 Å². The van der Waals surface area contributed by atoms with E-state index in [1.54, 1.807) is 0 Å². The molecule has 2 rings (SSSR count). The fourth-order valence-electron chi connectivity index (χ4n) is 2.50. The van der Waals surface area contributed by atoms with E-state index < -0.39 is 0 Å². The van der Waals surface area contributed by atoms with Gasteiger partial charge in [0, 0.05) is 38.4 Å². The number of hydrogen-bond donors (Lipinski definition) is 3. The molecule has 26 heavy (non-hydrogen) atoms. The SMILES string of the molecule is CCNC(=O)c1cccc(CN=C(NCC)NCCCOCC2CC2)c1. The zero-order valence-corrected chi connectivity index (χ0v) is 16.0. The third kappa shape index (κ3) is 7.87. The summed E-state index contributed by atoms with van der Waals surface area (Å²) in [6.07, 6.45) is 3.62. The van der Waals surface area contributed by atoms with Crippen molar-refractivity contribution in [1.82, 2.24) is 16.0 Å². The molecule has 0 aliphatic heterocycles. The molecule has 0 saturated heterocycles. The van der Waals surface area contributed by atoms with Crippen LogP contribution in [0.1, 0.15) is 49.0 Å². The minimum absolute atomic E-state index is 0.0467. The van der Waals surface area contributed by atoms with E-state index in [9.17, 15) is 4.79 Å². The molecule has 0 atom stereocenters. The van der Waals surface area contributed by atoms with Crippen LogP contribution < -0.4 is 16.0 Å². The van der Waals surface area contributed by atoms with Crippen LogP contribution in [0.15, 0.2) is 29.3 Å². The van der Waals surface area contributed by atoms with E-state index in [2.05, 4.69) is 20.9 Å². The number of amides is 1. The van der Waals surface area contributed by atoms with Crippen LogP contribution in [-0.2, 0) is 11.3 Å². The van der Waals surface area contributed by atoms with Crippen LogP contribution in [-0.4, -0.2) is 44.7 Å². The quantitative estimate of drug-likeness (QED) is 0.322. The fraction of sp³-hybridized carbons (Fsp3) is 0.600. The maximum atomic E-state index is 11.9. The summed E-state index contributed by atoms with van der Waals surface area (Å²) in [5.74, 6) is 1.56. The lowest BCUT2D eigenvalue weighted by Crippen LogP contribution is -2.38.